The molecule has 2 aromatic rings. The van der Waals surface area contributed by atoms with E-state index in [9.17, 15) is 0 Å². The molecule has 0 saturated carbocycles. The van der Waals surface area contributed by atoms with Crippen molar-refractivity contribution >= 4 is 11.5 Å². The molecule has 3 heterocycles. The molecule has 0 amide bonds. The van der Waals surface area contributed by atoms with Crippen LogP contribution in [-0.2, 0) is 4.74 Å². The first-order chi connectivity index (χ1) is 11.9. The van der Waals surface area contributed by atoms with E-state index in [1.165, 1.54) is 16.8 Å². The number of para-hydroxylation sites is 1. The highest BCUT2D eigenvalue weighted by molar-refractivity contribution is 5.78. The number of ether oxygens (including phenoxy) is 1. The normalized spacial score (nSPS) is 18.7. The van der Waals surface area contributed by atoms with Crippen molar-refractivity contribution in [3.63, 3.8) is 0 Å². The lowest BCUT2D eigenvalue weighted by Gasteiger charge is -2.31. The Morgan fingerprint density at radius 1 is 0.875 bits per heavy atom. The van der Waals surface area contributed by atoms with Crippen LogP contribution in [0.4, 0.5) is 11.5 Å². The van der Waals surface area contributed by atoms with Crippen molar-refractivity contribution in [3.8, 4) is 11.1 Å². The molecule has 0 atom stereocenters. The molecule has 2 fully saturated rings. The fourth-order valence-corrected chi connectivity index (χ4v) is 3.42. The minimum absolute atomic E-state index is 0.787. The van der Waals surface area contributed by atoms with Crippen molar-refractivity contribution in [1.82, 2.24) is 10.3 Å². The molecule has 1 aromatic carbocycles. The molecule has 5 heteroatoms. The second kappa shape index (κ2) is 7.20. The summed E-state index contributed by atoms with van der Waals surface area (Å²) >= 11 is 0. The van der Waals surface area contributed by atoms with Gasteiger partial charge in [-0.2, -0.15) is 0 Å². The third kappa shape index (κ3) is 3.23. The largest absolute Gasteiger partial charge is 0.378 e. The van der Waals surface area contributed by atoms with Crippen LogP contribution in [0, 0.1) is 0 Å². The van der Waals surface area contributed by atoms with Crippen molar-refractivity contribution in [2.75, 3.05) is 62.3 Å². The molecule has 2 saturated heterocycles. The summed E-state index contributed by atoms with van der Waals surface area (Å²) in [6.45, 7) is 7.61. The lowest BCUT2D eigenvalue weighted by molar-refractivity contribution is 0.122. The topological polar surface area (TPSA) is 40.6 Å². The van der Waals surface area contributed by atoms with Crippen LogP contribution in [0.1, 0.15) is 0 Å². The summed E-state index contributed by atoms with van der Waals surface area (Å²) in [5.74, 6) is 1.04. The molecule has 0 unspecified atom stereocenters. The van der Waals surface area contributed by atoms with Crippen LogP contribution in [-0.4, -0.2) is 57.5 Å². The van der Waals surface area contributed by atoms with Crippen LogP contribution in [0.3, 0.4) is 0 Å². The van der Waals surface area contributed by atoms with Gasteiger partial charge in [0.15, 0.2) is 0 Å². The molecule has 1 N–H and O–H groups in total. The number of hydrogen-bond donors (Lipinski definition) is 1. The highest BCUT2D eigenvalue weighted by Crippen LogP contribution is 2.31. The lowest BCUT2D eigenvalue weighted by atomic mass is 10.0. The van der Waals surface area contributed by atoms with Gasteiger partial charge >= 0.3 is 0 Å². The average Bonchev–Trinajstić information content (AvgIpc) is 2.69. The van der Waals surface area contributed by atoms with Crippen molar-refractivity contribution in [2.24, 2.45) is 0 Å². The number of benzene rings is 1. The van der Waals surface area contributed by atoms with Gasteiger partial charge in [-0.3, -0.25) is 0 Å². The van der Waals surface area contributed by atoms with E-state index in [1.807, 2.05) is 6.20 Å². The summed E-state index contributed by atoms with van der Waals surface area (Å²) < 4.78 is 5.42. The summed E-state index contributed by atoms with van der Waals surface area (Å²) in [5, 5.41) is 3.42. The maximum atomic E-state index is 5.42. The standard InChI is InChI=1S/C19H24N4O/c1-2-4-18(22-9-7-20-8-10-22)17(3-1)16-5-6-19(21-15-16)23-11-13-24-14-12-23/h1-6,15,20H,7-14H2. The number of anilines is 2. The molecule has 5 nitrogen and oxygen atoms in total. The zero-order valence-corrected chi connectivity index (χ0v) is 13.9. The van der Waals surface area contributed by atoms with E-state index in [0.29, 0.717) is 0 Å². The van der Waals surface area contributed by atoms with Gasteiger partial charge in [0.2, 0.25) is 0 Å². The van der Waals surface area contributed by atoms with Gasteiger partial charge in [0.25, 0.3) is 0 Å². The van der Waals surface area contributed by atoms with Crippen LogP contribution >= 0.6 is 0 Å². The molecule has 0 bridgehead atoms. The summed E-state index contributed by atoms with van der Waals surface area (Å²) in [6, 6.07) is 13.0. The van der Waals surface area contributed by atoms with E-state index < -0.39 is 0 Å². The first-order valence-electron chi connectivity index (χ1n) is 8.76. The van der Waals surface area contributed by atoms with Crippen molar-refractivity contribution in [3.05, 3.63) is 42.6 Å². The first-order valence-corrected chi connectivity index (χ1v) is 8.76. The van der Waals surface area contributed by atoms with E-state index >= 15 is 0 Å². The van der Waals surface area contributed by atoms with E-state index in [0.717, 1.165) is 58.3 Å². The number of nitrogens with zero attached hydrogens (tertiary/aromatic N) is 3. The van der Waals surface area contributed by atoms with Gasteiger partial charge in [-0.1, -0.05) is 18.2 Å². The number of pyridine rings is 1. The van der Waals surface area contributed by atoms with Gasteiger partial charge in [0, 0.05) is 62.3 Å². The number of piperazine rings is 1. The Labute approximate surface area is 143 Å². The van der Waals surface area contributed by atoms with E-state index in [1.54, 1.807) is 0 Å². The van der Waals surface area contributed by atoms with Crippen LogP contribution in [0.5, 0.6) is 0 Å². The summed E-state index contributed by atoms with van der Waals surface area (Å²) in [7, 11) is 0. The van der Waals surface area contributed by atoms with Crippen LogP contribution < -0.4 is 15.1 Å². The quantitative estimate of drug-likeness (QED) is 0.935. The molecule has 24 heavy (non-hydrogen) atoms. The van der Waals surface area contributed by atoms with Crippen molar-refractivity contribution in [1.29, 1.82) is 0 Å². The van der Waals surface area contributed by atoms with Crippen molar-refractivity contribution in [2.45, 2.75) is 0 Å². The van der Waals surface area contributed by atoms with Gasteiger partial charge in [-0.25, -0.2) is 4.98 Å². The Morgan fingerprint density at radius 3 is 2.42 bits per heavy atom. The lowest BCUT2D eigenvalue weighted by Crippen LogP contribution is -2.43. The monoisotopic (exact) mass is 324 g/mol. The minimum atomic E-state index is 0.787. The molecule has 1 aromatic heterocycles. The van der Waals surface area contributed by atoms with Gasteiger partial charge in [0.05, 0.1) is 13.2 Å². The molecule has 0 aliphatic carbocycles. The average molecular weight is 324 g/mol. The highest BCUT2D eigenvalue weighted by Gasteiger charge is 2.16. The van der Waals surface area contributed by atoms with Crippen LogP contribution in [0.15, 0.2) is 42.6 Å². The maximum Gasteiger partial charge on any atom is 0.128 e. The second-order valence-electron chi connectivity index (χ2n) is 6.26. The zero-order valence-electron chi connectivity index (χ0n) is 13.9. The van der Waals surface area contributed by atoms with E-state index in [2.05, 4.69) is 51.5 Å². The fourth-order valence-electron chi connectivity index (χ4n) is 3.42. The summed E-state index contributed by atoms with van der Waals surface area (Å²) in [4.78, 5) is 9.45. The molecule has 4 rings (SSSR count). The number of aromatic nitrogens is 1. The van der Waals surface area contributed by atoms with Crippen LogP contribution in [0.25, 0.3) is 11.1 Å². The fraction of sp³-hybridized carbons (Fsp3) is 0.421. The third-order valence-electron chi connectivity index (χ3n) is 4.76. The molecule has 0 radical (unpaired) electrons. The van der Waals surface area contributed by atoms with E-state index in [4.69, 9.17) is 9.72 Å². The molecule has 126 valence electrons. The highest BCUT2D eigenvalue weighted by atomic mass is 16.5. The third-order valence-corrected chi connectivity index (χ3v) is 4.76. The van der Waals surface area contributed by atoms with Crippen molar-refractivity contribution < 1.29 is 4.74 Å². The van der Waals surface area contributed by atoms with E-state index in [-0.39, 0.29) is 0 Å². The van der Waals surface area contributed by atoms with Gasteiger partial charge < -0.3 is 19.9 Å². The Morgan fingerprint density at radius 2 is 1.67 bits per heavy atom. The SMILES string of the molecule is c1ccc(N2CCNCC2)c(-c2ccc(N3CCOCC3)nc2)c1. The Hall–Kier alpha value is -2.11. The molecular formula is C19H24N4O. The number of rotatable bonds is 3. The predicted octanol–water partition coefficient (Wildman–Crippen LogP) is 1.99. The summed E-state index contributed by atoms with van der Waals surface area (Å²) in [6.07, 6.45) is 2.01. The molecular weight excluding hydrogens is 300 g/mol. The van der Waals surface area contributed by atoms with Gasteiger partial charge in [-0.05, 0) is 18.2 Å². The number of morpholine rings is 1. The van der Waals surface area contributed by atoms with Gasteiger partial charge in [-0.15, -0.1) is 0 Å². The van der Waals surface area contributed by atoms with Crippen LogP contribution in [0.2, 0.25) is 0 Å². The maximum absolute atomic E-state index is 5.42. The minimum Gasteiger partial charge on any atom is -0.378 e. The molecule has 2 aliphatic rings. The predicted molar refractivity (Wildman–Crippen MR) is 97.8 cm³/mol. The Kier molecular flexibility index (Phi) is 4.62. The second-order valence-corrected chi connectivity index (χ2v) is 6.26. The zero-order chi connectivity index (χ0) is 16.2. The molecule has 0 spiro atoms. The first kappa shape index (κ1) is 15.4. The van der Waals surface area contributed by atoms with Gasteiger partial charge in [0.1, 0.15) is 5.82 Å². The Bertz CT molecular complexity index is 661. The number of nitrogens with one attached hydrogen (secondary N) is 1. The number of hydrogen-bond acceptors (Lipinski definition) is 5. The molecule has 2 aliphatic heterocycles. The Balaban J connectivity index is 1.59. The summed E-state index contributed by atoms with van der Waals surface area (Å²) in [5.41, 5.74) is 3.75. The smallest absolute Gasteiger partial charge is 0.128 e.